The van der Waals surface area contributed by atoms with Gasteiger partial charge in [0, 0.05) is 25.7 Å². The molecule has 9 nitrogen and oxygen atoms in total. The van der Waals surface area contributed by atoms with Crippen LogP contribution < -0.4 is 29.6 Å². The summed E-state index contributed by atoms with van der Waals surface area (Å²) in [6, 6.07) is 3.69. The number of nitrogens with one attached hydrogen (secondary N) is 3. The van der Waals surface area contributed by atoms with Crippen LogP contribution >= 0.6 is 0 Å². The molecule has 0 aromatic heterocycles. The van der Waals surface area contributed by atoms with Crippen molar-refractivity contribution in [3.05, 3.63) is 17.7 Å². The fraction of sp³-hybridized carbons (Fsp3) is 0.588. The molecule has 0 fully saturated rings. The van der Waals surface area contributed by atoms with Crippen molar-refractivity contribution in [2.45, 2.75) is 25.9 Å². The van der Waals surface area contributed by atoms with Gasteiger partial charge in [-0.15, -0.1) is 0 Å². The lowest BCUT2D eigenvalue weighted by molar-refractivity contribution is 0.323. The van der Waals surface area contributed by atoms with Crippen LogP contribution in [0.25, 0.3) is 0 Å². The predicted octanol–water partition coefficient (Wildman–Crippen LogP) is 0.705. The maximum atomic E-state index is 11.4. The fourth-order valence-electron chi connectivity index (χ4n) is 2.49. The molecule has 0 atom stereocenters. The third-order valence-electron chi connectivity index (χ3n) is 3.57. The number of benzene rings is 1. The number of methoxy groups -OCH3 is 3. The zero-order valence-corrected chi connectivity index (χ0v) is 17.8. The third kappa shape index (κ3) is 7.51. The van der Waals surface area contributed by atoms with Crippen LogP contribution in [0, 0.1) is 0 Å². The molecule has 0 heterocycles. The van der Waals surface area contributed by atoms with Crippen molar-refractivity contribution in [1.82, 2.24) is 15.4 Å². The van der Waals surface area contributed by atoms with E-state index in [-0.39, 0.29) is 0 Å². The molecule has 0 saturated heterocycles. The van der Waals surface area contributed by atoms with Gasteiger partial charge < -0.3 is 24.8 Å². The molecule has 1 aromatic rings. The molecule has 0 aliphatic carbocycles. The average Bonchev–Trinajstić information content (AvgIpc) is 2.58. The van der Waals surface area contributed by atoms with Crippen molar-refractivity contribution in [3.8, 4) is 17.2 Å². The van der Waals surface area contributed by atoms with E-state index in [0.717, 1.165) is 11.8 Å². The maximum absolute atomic E-state index is 11.4. The van der Waals surface area contributed by atoms with E-state index in [0.29, 0.717) is 36.3 Å². The Morgan fingerprint density at radius 1 is 1.07 bits per heavy atom. The topological polar surface area (TPSA) is 110 Å². The van der Waals surface area contributed by atoms with Gasteiger partial charge in [-0.25, -0.2) is 13.1 Å². The lowest BCUT2D eigenvalue weighted by atomic mass is 10.1. The van der Waals surface area contributed by atoms with Gasteiger partial charge in [0.2, 0.25) is 15.8 Å². The molecule has 0 saturated carbocycles. The van der Waals surface area contributed by atoms with E-state index >= 15 is 0 Å². The van der Waals surface area contributed by atoms with Crippen LogP contribution in [-0.2, 0) is 16.6 Å². The summed E-state index contributed by atoms with van der Waals surface area (Å²) in [4.78, 5) is 4.15. The first kappa shape index (κ1) is 22.8. The third-order valence-corrected chi connectivity index (χ3v) is 4.49. The first-order valence-electron chi connectivity index (χ1n) is 8.27. The van der Waals surface area contributed by atoms with E-state index in [1.807, 2.05) is 12.1 Å². The summed E-state index contributed by atoms with van der Waals surface area (Å²) in [5.41, 5.74) is 0.235. The summed E-state index contributed by atoms with van der Waals surface area (Å²) in [6.45, 7) is 4.38. The highest BCUT2D eigenvalue weighted by molar-refractivity contribution is 7.88. The van der Waals surface area contributed by atoms with Crippen LogP contribution in [-0.4, -0.2) is 61.1 Å². The molecule has 0 aliphatic heterocycles. The van der Waals surface area contributed by atoms with Gasteiger partial charge in [-0.2, -0.15) is 0 Å². The summed E-state index contributed by atoms with van der Waals surface area (Å²) in [6.07, 6.45) is 1.13. The van der Waals surface area contributed by atoms with Gasteiger partial charge in [0.15, 0.2) is 17.5 Å². The van der Waals surface area contributed by atoms with Crippen LogP contribution in [0.3, 0.4) is 0 Å². The van der Waals surface area contributed by atoms with Crippen LogP contribution in [0.15, 0.2) is 17.1 Å². The second kappa shape index (κ2) is 9.65. The van der Waals surface area contributed by atoms with E-state index in [9.17, 15) is 8.42 Å². The monoisotopic (exact) mass is 402 g/mol. The molecule has 0 radical (unpaired) electrons. The first-order chi connectivity index (χ1) is 12.5. The van der Waals surface area contributed by atoms with Gasteiger partial charge in [0.05, 0.1) is 27.6 Å². The Balaban J connectivity index is 2.78. The molecule has 3 N–H and O–H groups in total. The molecule has 1 aromatic carbocycles. The molecule has 0 unspecified atom stereocenters. The molecular weight excluding hydrogens is 372 g/mol. The molecule has 154 valence electrons. The van der Waals surface area contributed by atoms with Gasteiger partial charge in [0.1, 0.15) is 0 Å². The molecule has 0 aliphatic rings. The number of rotatable bonds is 9. The SMILES string of the molecule is CN=C(NCc1cc(OC)c(OC)c(OC)c1)NCC(C)(C)NS(C)(=O)=O. The van der Waals surface area contributed by atoms with E-state index in [1.54, 1.807) is 42.2 Å². The molecule has 27 heavy (non-hydrogen) atoms. The summed E-state index contributed by atoms with van der Waals surface area (Å²) >= 11 is 0. The second-order valence-corrected chi connectivity index (χ2v) is 8.32. The van der Waals surface area contributed by atoms with Crippen molar-refractivity contribution < 1.29 is 22.6 Å². The van der Waals surface area contributed by atoms with E-state index < -0.39 is 15.6 Å². The number of hydrogen-bond donors (Lipinski definition) is 3. The summed E-state index contributed by atoms with van der Waals surface area (Å²) in [5, 5.41) is 6.28. The summed E-state index contributed by atoms with van der Waals surface area (Å²) in [7, 11) is 3.01. The van der Waals surface area contributed by atoms with Gasteiger partial charge in [-0.3, -0.25) is 4.99 Å². The number of aliphatic imine (C=N–C) groups is 1. The van der Waals surface area contributed by atoms with Gasteiger partial charge in [-0.05, 0) is 31.5 Å². The number of sulfonamides is 1. The standard InChI is InChI=1S/C17H30N4O5S/c1-17(2,21-27(7,22)23)11-20-16(18-3)19-10-12-8-13(24-4)15(26-6)14(9-12)25-5/h8-9,21H,10-11H2,1-7H3,(H2,18,19,20). The molecule has 0 amide bonds. The van der Waals surface area contributed by atoms with Crippen LogP contribution in [0.1, 0.15) is 19.4 Å². The largest absolute Gasteiger partial charge is 0.493 e. The number of nitrogens with zero attached hydrogens (tertiary/aromatic N) is 1. The normalized spacial score (nSPS) is 12.5. The van der Waals surface area contributed by atoms with Gasteiger partial charge >= 0.3 is 0 Å². The maximum Gasteiger partial charge on any atom is 0.209 e. The highest BCUT2D eigenvalue weighted by atomic mass is 32.2. The Morgan fingerprint density at radius 3 is 2.04 bits per heavy atom. The van der Waals surface area contributed by atoms with Gasteiger partial charge in [0.25, 0.3) is 0 Å². The Bertz CT molecular complexity index is 738. The Hall–Kier alpha value is -2.20. The van der Waals surface area contributed by atoms with E-state index in [2.05, 4.69) is 20.3 Å². The quantitative estimate of drug-likeness (QED) is 0.412. The Morgan fingerprint density at radius 2 is 1.63 bits per heavy atom. The Kier molecular flexibility index (Phi) is 8.17. The van der Waals surface area contributed by atoms with Crippen molar-refractivity contribution in [1.29, 1.82) is 0 Å². The number of hydrogen-bond acceptors (Lipinski definition) is 6. The number of guanidine groups is 1. The van der Waals surface area contributed by atoms with Crippen molar-refractivity contribution in [3.63, 3.8) is 0 Å². The summed E-state index contributed by atoms with van der Waals surface area (Å²) < 4.78 is 41.4. The van der Waals surface area contributed by atoms with Crippen molar-refractivity contribution in [2.75, 3.05) is 41.2 Å². The number of ether oxygens (including phenoxy) is 3. The van der Waals surface area contributed by atoms with Crippen LogP contribution in [0.2, 0.25) is 0 Å². The second-order valence-electron chi connectivity index (χ2n) is 6.57. The Labute approximate surface area is 161 Å². The zero-order chi connectivity index (χ0) is 20.7. The highest BCUT2D eigenvalue weighted by Crippen LogP contribution is 2.38. The van der Waals surface area contributed by atoms with Crippen molar-refractivity contribution >= 4 is 16.0 Å². The highest BCUT2D eigenvalue weighted by Gasteiger charge is 2.22. The molecule has 10 heteroatoms. The smallest absolute Gasteiger partial charge is 0.209 e. The molecular formula is C17H30N4O5S. The molecule has 0 spiro atoms. The lowest BCUT2D eigenvalue weighted by Gasteiger charge is -2.26. The first-order valence-corrected chi connectivity index (χ1v) is 10.2. The van der Waals surface area contributed by atoms with E-state index in [4.69, 9.17) is 14.2 Å². The summed E-state index contributed by atoms with van der Waals surface area (Å²) in [5.74, 6) is 2.19. The molecule has 0 bridgehead atoms. The average molecular weight is 403 g/mol. The predicted molar refractivity (Wildman–Crippen MR) is 106 cm³/mol. The van der Waals surface area contributed by atoms with Crippen LogP contribution in [0.5, 0.6) is 17.2 Å². The van der Waals surface area contributed by atoms with Crippen molar-refractivity contribution in [2.24, 2.45) is 4.99 Å². The van der Waals surface area contributed by atoms with Crippen LogP contribution in [0.4, 0.5) is 0 Å². The zero-order valence-electron chi connectivity index (χ0n) is 17.0. The minimum Gasteiger partial charge on any atom is -0.493 e. The fourth-order valence-corrected chi connectivity index (χ4v) is 3.56. The minimum atomic E-state index is -3.30. The van der Waals surface area contributed by atoms with E-state index in [1.165, 1.54) is 0 Å². The lowest BCUT2D eigenvalue weighted by Crippen LogP contribution is -2.52. The van der Waals surface area contributed by atoms with Gasteiger partial charge in [-0.1, -0.05) is 0 Å². The molecule has 1 rings (SSSR count). The minimum absolute atomic E-state index is 0.356.